The van der Waals surface area contributed by atoms with E-state index < -0.39 is 21.3 Å². The Balaban J connectivity index is 3.01. The van der Waals surface area contributed by atoms with E-state index in [1.807, 2.05) is 0 Å². The van der Waals surface area contributed by atoms with E-state index >= 15 is 0 Å². The van der Waals surface area contributed by atoms with Crippen molar-refractivity contribution in [3.8, 4) is 0 Å². The second-order valence-corrected chi connectivity index (χ2v) is 6.66. The summed E-state index contributed by atoms with van der Waals surface area (Å²) in [6.07, 6.45) is 0. The SMILES string of the molecule is CNS(=O)(=O)c1ccccc1NCC(C)(C)C(N)=O. The number of nitrogens with two attached hydrogens (primary N) is 1. The number of carbonyl (C=O) groups is 1. The summed E-state index contributed by atoms with van der Waals surface area (Å²) in [6.45, 7) is 3.63. The molecule has 0 bridgehead atoms. The fourth-order valence-electron chi connectivity index (χ4n) is 1.36. The lowest BCUT2D eigenvalue weighted by Crippen LogP contribution is -2.37. The van der Waals surface area contributed by atoms with Crippen LogP contribution >= 0.6 is 0 Å². The molecule has 0 spiro atoms. The van der Waals surface area contributed by atoms with E-state index in [1.165, 1.54) is 13.1 Å². The number of nitrogens with one attached hydrogen (secondary N) is 2. The summed E-state index contributed by atoms with van der Waals surface area (Å²) >= 11 is 0. The molecule has 0 aliphatic rings. The lowest BCUT2D eigenvalue weighted by Gasteiger charge is -2.22. The molecular weight excluding hydrogens is 266 g/mol. The van der Waals surface area contributed by atoms with Crippen molar-refractivity contribution in [2.75, 3.05) is 18.9 Å². The number of anilines is 1. The van der Waals surface area contributed by atoms with Gasteiger partial charge in [-0.05, 0) is 33.0 Å². The van der Waals surface area contributed by atoms with E-state index in [1.54, 1.807) is 32.0 Å². The van der Waals surface area contributed by atoms with Crippen LogP contribution in [0.15, 0.2) is 29.2 Å². The highest BCUT2D eigenvalue weighted by atomic mass is 32.2. The Morgan fingerprint density at radius 1 is 1.32 bits per heavy atom. The average molecular weight is 285 g/mol. The Kier molecular flexibility index (Phi) is 4.54. The first kappa shape index (κ1) is 15.5. The zero-order chi connectivity index (χ0) is 14.7. The molecule has 0 aliphatic heterocycles. The van der Waals surface area contributed by atoms with E-state index in [0.29, 0.717) is 5.69 Å². The molecule has 0 heterocycles. The number of sulfonamides is 1. The first-order valence-electron chi connectivity index (χ1n) is 5.77. The van der Waals surface area contributed by atoms with Crippen LogP contribution < -0.4 is 15.8 Å². The highest BCUT2D eigenvalue weighted by Crippen LogP contribution is 2.22. The number of para-hydroxylation sites is 1. The maximum Gasteiger partial charge on any atom is 0.242 e. The molecule has 1 aromatic carbocycles. The van der Waals surface area contributed by atoms with Gasteiger partial charge in [-0.15, -0.1) is 0 Å². The molecule has 6 nitrogen and oxygen atoms in total. The van der Waals surface area contributed by atoms with Gasteiger partial charge in [0.05, 0.1) is 11.1 Å². The predicted octanol–water partition coefficient (Wildman–Crippen LogP) is 0.518. The van der Waals surface area contributed by atoms with Crippen LogP contribution in [-0.4, -0.2) is 27.9 Å². The molecule has 0 saturated heterocycles. The van der Waals surface area contributed by atoms with Crippen LogP contribution in [0.25, 0.3) is 0 Å². The fourth-order valence-corrected chi connectivity index (χ4v) is 2.27. The quantitative estimate of drug-likeness (QED) is 0.709. The monoisotopic (exact) mass is 285 g/mol. The molecule has 19 heavy (non-hydrogen) atoms. The van der Waals surface area contributed by atoms with Crippen molar-refractivity contribution in [1.29, 1.82) is 0 Å². The standard InChI is InChI=1S/C12H19N3O3S/c1-12(2,11(13)16)8-15-9-6-4-5-7-10(9)19(17,18)14-3/h4-7,14-15H,8H2,1-3H3,(H2,13,16). The lowest BCUT2D eigenvalue weighted by atomic mass is 9.93. The maximum absolute atomic E-state index is 11.8. The molecular formula is C12H19N3O3S. The second kappa shape index (κ2) is 5.58. The molecule has 4 N–H and O–H groups in total. The van der Waals surface area contributed by atoms with Crippen LogP contribution in [0.5, 0.6) is 0 Å². The number of benzene rings is 1. The average Bonchev–Trinajstić information content (AvgIpc) is 2.36. The summed E-state index contributed by atoms with van der Waals surface area (Å²) < 4.78 is 25.9. The summed E-state index contributed by atoms with van der Waals surface area (Å²) in [7, 11) is -2.20. The largest absolute Gasteiger partial charge is 0.383 e. The predicted molar refractivity (Wildman–Crippen MR) is 74.2 cm³/mol. The van der Waals surface area contributed by atoms with E-state index in [-0.39, 0.29) is 11.4 Å². The van der Waals surface area contributed by atoms with Gasteiger partial charge in [-0.1, -0.05) is 12.1 Å². The summed E-state index contributed by atoms with van der Waals surface area (Å²) in [5.41, 5.74) is 4.94. The minimum absolute atomic E-state index is 0.137. The van der Waals surface area contributed by atoms with Crippen LogP contribution in [0.3, 0.4) is 0 Å². The van der Waals surface area contributed by atoms with Crippen LogP contribution in [0.1, 0.15) is 13.8 Å². The van der Waals surface area contributed by atoms with Crippen LogP contribution in [0, 0.1) is 5.41 Å². The van der Waals surface area contributed by atoms with E-state index in [4.69, 9.17) is 5.73 Å². The molecule has 1 rings (SSSR count). The van der Waals surface area contributed by atoms with Gasteiger partial charge in [-0.3, -0.25) is 4.79 Å². The number of hydrogen-bond acceptors (Lipinski definition) is 4. The molecule has 0 fully saturated rings. The number of hydrogen-bond donors (Lipinski definition) is 3. The Bertz CT molecular complexity index is 567. The third kappa shape index (κ3) is 3.68. The van der Waals surface area contributed by atoms with Gasteiger partial charge < -0.3 is 11.1 Å². The van der Waals surface area contributed by atoms with Gasteiger partial charge in [0.1, 0.15) is 4.90 Å². The summed E-state index contributed by atoms with van der Waals surface area (Å²) in [6, 6.07) is 6.48. The Hall–Kier alpha value is -1.60. The molecule has 0 atom stereocenters. The smallest absolute Gasteiger partial charge is 0.242 e. The van der Waals surface area contributed by atoms with Crippen molar-refractivity contribution in [3.63, 3.8) is 0 Å². The van der Waals surface area contributed by atoms with Crippen molar-refractivity contribution in [3.05, 3.63) is 24.3 Å². The molecule has 0 unspecified atom stereocenters. The molecule has 0 saturated carbocycles. The highest BCUT2D eigenvalue weighted by molar-refractivity contribution is 7.89. The molecule has 0 aliphatic carbocycles. The van der Waals surface area contributed by atoms with Crippen LogP contribution in [0.2, 0.25) is 0 Å². The van der Waals surface area contributed by atoms with Gasteiger partial charge in [-0.2, -0.15) is 0 Å². The lowest BCUT2D eigenvalue weighted by molar-refractivity contribution is -0.125. The Morgan fingerprint density at radius 3 is 2.42 bits per heavy atom. The highest BCUT2D eigenvalue weighted by Gasteiger charge is 2.25. The Labute approximate surface area is 113 Å². The second-order valence-electron chi connectivity index (χ2n) is 4.81. The molecule has 1 aromatic rings. The first-order chi connectivity index (χ1) is 8.70. The minimum atomic E-state index is -3.55. The number of primary amides is 1. The number of carbonyl (C=O) groups excluding carboxylic acids is 1. The van der Waals surface area contributed by atoms with E-state index in [2.05, 4.69) is 10.0 Å². The Morgan fingerprint density at radius 2 is 1.89 bits per heavy atom. The van der Waals surface area contributed by atoms with Crippen molar-refractivity contribution < 1.29 is 13.2 Å². The third-order valence-corrected chi connectivity index (χ3v) is 4.31. The summed E-state index contributed by atoms with van der Waals surface area (Å²) in [5.74, 6) is -0.450. The van der Waals surface area contributed by atoms with Crippen molar-refractivity contribution in [2.24, 2.45) is 11.1 Å². The van der Waals surface area contributed by atoms with E-state index in [9.17, 15) is 13.2 Å². The zero-order valence-electron chi connectivity index (χ0n) is 11.2. The summed E-state index contributed by atoms with van der Waals surface area (Å²) in [4.78, 5) is 11.4. The maximum atomic E-state index is 11.8. The number of rotatable bonds is 6. The van der Waals surface area contributed by atoms with Gasteiger partial charge in [0.15, 0.2) is 0 Å². The van der Waals surface area contributed by atoms with Crippen molar-refractivity contribution in [1.82, 2.24) is 4.72 Å². The van der Waals surface area contributed by atoms with Crippen molar-refractivity contribution in [2.45, 2.75) is 18.7 Å². The third-order valence-electron chi connectivity index (χ3n) is 2.83. The molecule has 0 aromatic heterocycles. The summed E-state index contributed by atoms with van der Waals surface area (Å²) in [5, 5.41) is 2.96. The van der Waals surface area contributed by atoms with Gasteiger partial charge in [0.25, 0.3) is 0 Å². The number of amides is 1. The molecule has 1 amide bonds. The van der Waals surface area contributed by atoms with Gasteiger partial charge >= 0.3 is 0 Å². The zero-order valence-corrected chi connectivity index (χ0v) is 12.0. The van der Waals surface area contributed by atoms with Crippen LogP contribution in [0.4, 0.5) is 5.69 Å². The van der Waals surface area contributed by atoms with Gasteiger partial charge in [0, 0.05) is 6.54 Å². The normalized spacial score (nSPS) is 12.2. The fraction of sp³-hybridized carbons (Fsp3) is 0.417. The molecule has 7 heteroatoms. The van der Waals surface area contributed by atoms with Crippen LogP contribution in [-0.2, 0) is 14.8 Å². The molecule has 0 radical (unpaired) electrons. The van der Waals surface area contributed by atoms with Gasteiger partial charge in [0.2, 0.25) is 15.9 Å². The van der Waals surface area contributed by atoms with Crippen molar-refractivity contribution >= 4 is 21.6 Å². The first-order valence-corrected chi connectivity index (χ1v) is 7.25. The minimum Gasteiger partial charge on any atom is -0.383 e. The topological polar surface area (TPSA) is 101 Å². The van der Waals surface area contributed by atoms with Gasteiger partial charge in [-0.25, -0.2) is 13.1 Å². The molecule has 106 valence electrons. The van der Waals surface area contributed by atoms with E-state index in [0.717, 1.165) is 0 Å².